The molecular weight excluding hydrogens is 425 g/mol. The van der Waals surface area contributed by atoms with Crippen molar-refractivity contribution < 1.29 is 27.5 Å². The van der Waals surface area contributed by atoms with Crippen LogP contribution in [0.25, 0.3) is 10.9 Å². The molecule has 2 saturated heterocycles. The minimum Gasteiger partial charge on any atom is -0.439 e. The highest BCUT2D eigenvalue weighted by molar-refractivity contribution is 5.96. The lowest BCUT2D eigenvalue weighted by Crippen LogP contribution is -2.33. The second kappa shape index (κ2) is 7.47. The van der Waals surface area contributed by atoms with Gasteiger partial charge in [-0.3, -0.25) is 9.59 Å². The average molecular weight is 442 g/mol. The normalized spacial score (nSPS) is 20.3. The Hall–Kier alpha value is -3.69. The first-order valence-corrected chi connectivity index (χ1v) is 9.97. The van der Waals surface area contributed by atoms with E-state index in [2.05, 4.69) is 15.3 Å². The van der Waals surface area contributed by atoms with E-state index in [-0.39, 0.29) is 35.2 Å². The third kappa shape index (κ3) is 3.72. The smallest absolute Gasteiger partial charge is 0.417 e. The summed E-state index contributed by atoms with van der Waals surface area (Å²) in [6, 6.07) is 10.3. The van der Waals surface area contributed by atoms with Gasteiger partial charge in [0.25, 0.3) is 5.91 Å². The molecule has 10 heteroatoms. The molecule has 7 nitrogen and oxygen atoms in total. The number of benzene rings is 1. The number of hydrogen-bond donors (Lipinski definition) is 1. The van der Waals surface area contributed by atoms with Gasteiger partial charge in [-0.05, 0) is 30.3 Å². The molecule has 2 aliphatic rings. The summed E-state index contributed by atoms with van der Waals surface area (Å²) in [7, 11) is 0. The average Bonchev–Trinajstić information content (AvgIpc) is 3.35. The molecule has 0 saturated carbocycles. The topological polar surface area (TPSA) is 84.4 Å². The van der Waals surface area contributed by atoms with Crippen LogP contribution in [-0.2, 0) is 11.0 Å². The number of likely N-dealkylation sites (tertiary alicyclic amines) is 1. The second-order valence-corrected chi connectivity index (χ2v) is 7.86. The Morgan fingerprint density at radius 3 is 2.69 bits per heavy atom. The third-order valence-corrected chi connectivity index (χ3v) is 5.77. The Labute approximate surface area is 180 Å². The number of halogens is 3. The number of hydrogen-bond acceptors (Lipinski definition) is 5. The zero-order valence-electron chi connectivity index (χ0n) is 16.6. The van der Waals surface area contributed by atoms with E-state index in [9.17, 15) is 22.8 Å². The lowest BCUT2D eigenvalue weighted by molar-refractivity contribution is -0.137. The summed E-state index contributed by atoms with van der Waals surface area (Å²) in [6.45, 7) is 1.51. The summed E-state index contributed by atoms with van der Waals surface area (Å²) in [4.78, 5) is 34.5. The van der Waals surface area contributed by atoms with Crippen LogP contribution in [0.4, 0.5) is 13.2 Å². The van der Waals surface area contributed by atoms with E-state index in [1.54, 1.807) is 35.2 Å². The fourth-order valence-electron chi connectivity index (χ4n) is 4.08. The van der Waals surface area contributed by atoms with Gasteiger partial charge < -0.3 is 15.0 Å². The van der Waals surface area contributed by atoms with E-state index in [1.165, 1.54) is 0 Å². The molecule has 0 spiro atoms. The van der Waals surface area contributed by atoms with Crippen LogP contribution in [-0.4, -0.2) is 46.3 Å². The summed E-state index contributed by atoms with van der Waals surface area (Å²) in [6.07, 6.45) is -3.75. The SMILES string of the molecule is O=C1NC[C@@H]2CN(C(=O)c3ccc4cc(Oc5ccc(C(F)(F)F)cn5)ccc4n3)C[C@H]12. The second-order valence-electron chi connectivity index (χ2n) is 7.86. The Morgan fingerprint density at radius 2 is 1.97 bits per heavy atom. The van der Waals surface area contributed by atoms with Gasteiger partial charge in [-0.2, -0.15) is 13.2 Å². The van der Waals surface area contributed by atoms with E-state index >= 15 is 0 Å². The van der Waals surface area contributed by atoms with Gasteiger partial charge in [0.2, 0.25) is 11.8 Å². The van der Waals surface area contributed by atoms with Crippen molar-refractivity contribution in [1.82, 2.24) is 20.2 Å². The Kier molecular flexibility index (Phi) is 4.72. The Bertz CT molecular complexity index is 1210. The molecule has 32 heavy (non-hydrogen) atoms. The number of pyridine rings is 2. The Balaban J connectivity index is 1.31. The van der Waals surface area contributed by atoms with Crippen molar-refractivity contribution in [3.63, 3.8) is 0 Å². The number of nitrogens with zero attached hydrogens (tertiary/aromatic N) is 3. The van der Waals surface area contributed by atoms with Crippen molar-refractivity contribution in [3.05, 3.63) is 59.9 Å². The summed E-state index contributed by atoms with van der Waals surface area (Å²) < 4.78 is 43.5. The molecule has 0 unspecified atom stereocenters. The maximum Gasteiger partial charge on any atom is 0.417 e. The molecule has 2 aliphatic heterocycles. The van der Waals surface area contributed by atoms with Gasteiger partial charge in [-0.15, -0.1) is 0 Å². The third-order valence-electron chi connectivity index (χ3n) is 5.77. The van der Waals surface area contributed by atoms with Gasteiger partial charge in [0.1, 0.15) is 11.4 Å². The minimum absolute atomic E-state index is 0.00756. The van der Waals surface area contributed by atoms with Crippen LogP contribution in [0, 0.1) is 11.8 Å². The van der Waals surface area contributed by atoms with Crippen LogP contribution in [0.2, 0.25) is 0 Å². The van der Waals surface area contributed by atoms with Crippen LogP contribution in [0.1, 0.15) is 16.1 Å². The monoisotopic (exact) mass is 442 g/mol. The first-order valence-electron chi connectivity index (χ1n) is 9.97. The molecule has 164 valence electrons. The first-order chi connectivity index (χ1) is 15.3. The molecular formula is C22H17F3N4O3. The quantitative estimate of drug-likeness (QED) is 0.673. The van der Waals surface area contributed by atoms with Gasteiger partial charge in [0, 0.05) is 43.2 Å². The van der Waals surface area contributed by atoms with Gasteiger partial charge >= 0.3 is 6.18 Å². The number of carbonyl (C=O) groups is 2. The van der Waals surface area contributed by atoms with Crippen molar-refractivity contribution in [2.45, 2.75) is 6.18 Å². The summed E-state index contributed by atoms with van der Waals surface area (Å²) >= 11 is 0. The number of nitrogens with one attached hydrogen (secondary N) is 1. The van der Waals surface area contributed by atoms with Crippen LogP contribution in [0.5, 0.6) is 11.6 Å². The van der Waals surface area contributed by atoms with E-state index in [1.807, 2.05) is 0 Å². The molecule has 2 atom stereocenters. The fraction of sp³-hybridized carbons (Fsp3) is 0.273. The predicted octanol–water partition coefficient (Wildman–Crippen LogP) is 3.26. The summed E-state index contributed by atoms with van der Waals surface area (Å²) in [5.74, 6) is 0.170. The van der Waals surface area contributed by atoms with Crippen molar-refractivity contribution in [2.75, 3.05) is 19.6 Å². The molecule has 2 aromatic heterocycles. The highest BCUT2D eigenvalue weighted by Gasteiger charge is 2.43. The number of rotatable bonds is 3. The molecule has 1 aromatic carbocycles. The molecule has 2 amide bonds. The zero-order chi connectivity index (χ0) is 22.5. The Morgan fingerprint density at radius 1 is 1.12 bits per heavy atom. The molecule has 0 aliphatic carbocycles. The van der Waals surface area contributed by atoms with Crippen LogP contribution < -0.4 is 10.1 Å². The van der Waals surface area contributed by atoms with Crippen molar-refractivity contribution in [2.24, 2.45) is 11.8 Å². The lowest BCUT2D eigenvalue weighted by Gasteiger charge is -2.17. The lowest BCUT2D eigenvalue weighted by atomic mass is 10.0. The summed E-state index contributed by atoms with van der Waals surface area (Å²) in [5, 5.41) is 3.52. The molecule has 5 rings (SSSR count). The molecule has 3 aromatic rings. The van der Waals surface area contributed by atoms with E-state index < -0.39 is 11.7 Å². The number of carbonyl (C=O) groups excluding carboxylic acids is 2. The van der Waals surface area contributed by atoms with Crippen molar-refractivity contribution >= 4 is 22.7 Å². The highest BCUT2D eigenvalue weighted by Crippen LogP contribution is 2.31. The fourth-order valence-corrected chi connectivity index (χ4v) is 4.08. The van der Waals surface area contributed by atoms with E-state index in [4.69, 9.17) is 4.74 Å². The number of alkyl halides is 3. The van der Waals surface area contributed by atoms with Gasteiger partial charge in [0.05, 0.1) is 17.0 Å². The number of ether oxygens (including phenoxy) is 1. The van der Waals surface area contributed by atoms with Crippen LogP contribution in [0.15, 0.2) is 48.7 Å². The van der Waals surface area contributed by atoms with E-state index in [0.29, 0.717) is 42.5 Å². The maximum absolute atomic E-state index is 12.9. The van der Waals surface area contributed by atoms with E-state index in [0.717, 1.165) is 12.1 Å². The standard InChI is InChI=1S/C22H17F3N4O3/c23-22(24,25)14-2-6-19(26-9-14)32-15-3-5-17-12(7-15)1-4-18(28-17)21(31)29-10-13-8-27-20(30)16(13)11-29/h1-7,9,13,16H,8,10-11H2,(H,27,30)/t13-,16+/m1/s1. The number of aromatic nitrogens is 2. The van der Waals surface area contributed by atoms with Crippen LogP contribution >= 0.6 is 0 Å². The predicted molar refractivity (Wildman–Crippen MR) is 107 cm³/mol. The van der Waals surface area contributed by atoms with Gasteiger partial charge in [-0.1, -0.05) is 6.07 Å². The molecule has 0 bridgehead atoms. The zero-order valence-corrected chi connectivity index (χ0v) is 16.6. The molecule has 2 fully saturated rings. The molecule has 4 heterocycles. The highest BCUT2D eigenvalue weighted by atomic mass is 19.4. The van der Waals surface area contributed by atoms with Crippen molar-refractivity contribution in [1.29, 1.82) is 0 Å². The van der Waals surface area contributed by atoms with Crippen molar-refractivity contribution in [3.8, 4) is 11.6 Å². The van der Waals surface area contributed by atoms with Gasteiger partial charge in [-0.25, -0.2) is 9.97 Å². The largest absolute Gasteiger partial charge is 0.439 e. The van der Waals surface area contributed by atoms with Gasteiger partial charge in [0.15, 0.2) is 0 Å². The first kappa shape index (κ1) is 20.2. The maximum atomic E-state index is 12.9. The molecule has 0 radical (unpaired) electrons. The minimum atomic E-state index is -4.46. The molecule has 1 N–H and O–H groups in total. The summed E-state index contributed by atoms with van der Waals surface area (Å²) in [5.41, 5.74) is 0.00341. The number of fused-ring (bicyclic) bond motifs is 2. The van der Waals surface area contributed by atoms with Crippen LogP contribution in [0.3, 0.4) is 0 Å². The number of amides is 2.